The van der Waals surface area contributed by atoms with Crippen LogP contribution in [-0.2, 0) is 6.54 Å². The van der Waals surface area contributed by atoms with Crippen molar-refractivity contribution in [2.75, 3.05) is 13.7 Å². The van der Waals surface area contributed by atoms with Gasteiger partial charge in [-0.15, -0.1) is 0 Å². The molecule has 4 heteroatoms. The van der Waals surface area contributed by atoms with Gasteiger partial charge < -0.3 is 10.1 Å². The molecule has 1 aromatic rings. The highest BCUT2D eigenvalue weighted by molar-refractivity contribution is 6.25. The minimum Gasteiger partial charge on any atom is -0.481 e. The third-order valence-corrected chi connectivity index (χ3v) is 2.32. The van der Waals surface area contributed by atoms with Gasteiger partial charge >= 0.3 is 0 Å². The van der Waals surface area contributed by atoms with Gasteiger partial charge in [-0.05, 0) is 18.6 Å². The van der Waals surface area contributed by atoms with Crippen molar-refractivity contribution in [3.8, 4) is 5.88 Å². The lowest BCUT2D eigenvalue weighted by Gasteiger charge is -2.08. The molecular formula is C11H15ClN2O. The van der Waals surface area contributed by atoms with Crippen LogP contribution in [0.15, 0.2) is 29.4 Å². The summed E-state index contributed by atoms with van der Waals surface area (Å²) in [5.41, 5.74) is 3.72. The first-order valence-corrected chi connectivity index (χ1v) is 5.16. The molecule has 82 valence electrons. The van der Waals surface area contributed by atoms with Crippen LogP contribution in [0.2, 0.25) is 0 Å². The van der Waals surface area contributed by atoms with E-state index in [0.717, 1.165) is 24.2 Å². The Morgan fingerprint density at radius 1 is 1.67 bits per heavy atom. The van der Waals surface area contributed by atoms with Crippen molar-refractivity contribution in [1.82, 2.24) is 10.3 Å². The maximum Gasteiger partial charge on any atom is 0.217 e. The number of hydrogen-bond donors (Lipinski definition) is 1. The van der Waals surface area contributed by atoms with E-state index in [0.29, 0.717) is 5.88 Å². The second-order valence-electron chi connectivity index (χ2n) is 3.23. The van der Waals surface area contributed by atoms with Crippen LogP contribution >= 0.6 is 11.6 Å². The number of pyridine rings is 1. The molecule has 0 atom stereocenters. The van der Waals surface area contributed by atoms with E-state index < -0.39 is 0 Å². The molecule has 0 bridgehead atoms. The van der Waals surface area contributed by atoms with Crippen molar-refractivity contribution in [1.29, 1.82) is 0 Å². The lowest BCUT2D eigenvalue weighted by atomic mass is 10.2. The van der Waals surface area contributed by atoms with Crippen molar-refractivity contribution in [2.45, 2.75) is 13.5 Å². The number of nitrogens with one attached hydrogen (secondary N) is 1. The van der Waals surface area contributed by atoms with Gasteiger partial charge in [0.15, 0.2) is 0 Å². The van der Waals surface area contributed by atoms with Crippen LogP contribution in [0.25, 0.3) is 0 Å². The Balaban J connectivity index is 2.50. The molecule has 0 aliphatic heterocycles. The van der Waals surface area contributed by atoms with E-state index in [1.54, 1.807) is 18.8 Å². The highest BCUT2D eigenvalue weighted by Crippen LogP contribution is 2.12. The summed E-state index contributed by atoms with van der Waals surface area (Å²) in [6, 6.07) is 3.88. The van der Waals surface area contributed by atoms with Crippen LogP contribution in [-0.4, -0.2) is 18.6 Å². The van der Waals surface area contributed by atoms with E-state index in [1.165, 1.54) is 0 Å². The summed E-state index contributed by atoms with van der Waals surface area (Å²) in [7, 11) is 1.62. The van der Waals surface area contributed by atoms with Crippen molar-refractivity contribution in [3.05, 3.63) is 35.0 Å². The molecule has 0 aromatic carbocycles. The number of ether oxygens (including phenoxy) is 1. The molecular weight excluding hydrogens is 212 g/mol. The van der Waals surface area contributed by atoms with Gasteiger partial charge in [-0.1, -0.05) is 17.7 Å². The van der Waals surface area contributed by atoms with Gasteiger partial charge in [-0.3, -0.25) is 0 Å². The Bertz CT molecular complexity index is 339. The summed E-state index contributed by atoms with van der Waals surface area (Å²) < 4.78 is 5.14. The lowest BCUT2D eigenvalue weighted by Crippen LogP contribution is -2.16. The van der Waals surface area contributed by atoms with Gasteiger partial charge in [0.05, 0.1) is 7.11 Å². The first-order chi connectivity index (χ1) is 7.27. The number of aromatic nitrogens is 1. The zero-order valence-electron chi connectivity index (χ0n) is 8.96. The van der Waals surface area contributed by atoms with E-state index in [4.69, 9.17) is 16.3 Å². The normalized spacial score (nSPS) is 11.5. The van der Waals surface area contributed by atoms with E-state index in [1.807, 2.05) is 19.1 Å². The smallest absolute Gasteiger partial charge is 0.217 e. The second kappa shape index (κ2) is 6.43. The van der Waals surface area contributed by atoms with E-state index in [2.05, 4.69) is 10.3 Å². The van der Waals surface area contributed by atoms with Crippen LogP contribution in [0.3, 0.4) is 0 Å². The summed E-state index contributed by atoms with van der Waals surface area (Å²) in [5.74, 6) is 0.664. The fourth-order valence-corrected chi connectivity index (χ4v) is 1.25. The zero-order valence-corrected chi connectivity index (χ0v) is 9.71. The Morgan fingerprint density at radius 3 is 3.13 bits per heavy atom. The summed E-state index contributed by atoms with van der Waals surface area (Å²) in [5, 5.41) is 3.25. The van der Waals surface area contributed by atoms with Gasteiger partial charge in [0.1, 0.15) is 0 Å². The van der Waals surface area contributed by atoms with Gasteiger partial charge in [0.2, 0.25) is 5.88 Å². The second-order valence-corrected chi connectivity index (χ2v) is 3.45. The molecule has 0 aliphatic rings. The molecule has 1 aromatic heterocycles. The molecule has 0 amide bonds. The molecule has 1 N–H and O–H groups in total. The monoisotopic (exact) mass is 226 g/mol. The van der Waals surface area contributed by atoms with Crippen LogP contribution in [0.1, 0.15) is 12.5 Å². The van der Waals surface area contributed by atoms with Crippen LogP contribution in [0, 0.1) is 0 Å². The van der Waals surface area contributed by atoms with E-state index >= 15 is 0 Å². The Kier molecular flexibility index (Phi) is 5.15. The van der Waals surface area contributed by atoms with Crippen molar-refractivity contribution >= 4 is 11.6 Å². The molecule has 0 unspecified atom stereocenters. The van der Waals surface area contributed by atoms with Crippen LogP contribution in [0.4, 0.5) is 0 Å². The number of rotatable bonds is 5. The number of methoxy groups -OCH3 is 1. The maximum atomic E-state index is 5.55. The van der Waals surface area contributed by atoms with E-state index in [-0.39, 0.29) is 0 Å². The van der Waals surface area contributed by atoms with Gasteiger partial charge in [0, 0.05) is 30.4 Å². The Hall–Kier alpha value is -1.06. The standard InChI is InChI=1S/C11H15ClN2O/c1-9(6-12)7-13-8-10-4-3-5-14-11(10)15-2/h3-6,13H,7-8H2,1-2H3/b9-6+. The van der Waals surface area contributed by atoms with Crippen LogP contribution < -0.4 is 10.1 Å². The van der Waals surface area contributed by atoms with Crippen molar-refractivity contribution in [3.63, 3.8) is 0 Å². The summed E-state index contributed by atoms with van der Waals surface area (Å²) in [6.45, 7) is 3.46. The molecule has 3 nitrogen and oxygen atoms in total. The van der Waals surface area contributed by atoms with Gasteiger partial charge in [-0.2, -0.15) is 0 Å². The minimum absolute atomic E-state index is 0.664. The highest BCUT2D eigenvalue weighted by atomic mass is 35.5. The number of halogens is 1. The Labute approximate surface area is 95.1 Å². The minimum atomic E-state index is 0.664. The summed E-state index contributed by atoms with van der Waals surface area (Å²) in [4.78, 5) is 4.11. The molecule has 1 rings (SSSR count). The zero-order chi connectivity index (χ0) is 11.1. The fourth-order valence-electron chi connectivity index (χ4n) is 1.18. The molecule has 0 spiro atoms. The van der Waals surface area contributed by atoms with Crippen molar-refractivity contribution in [2.24, 2.45) is 0 Å². The highest BCUT2D eigenvalue weighted by Gasteiger charge is 2.01. The molecule has 0 saturated carbocycles. The fraction of sp³-hybridized carbons (Fsp3) is 0.364. The largest absolute Gasteiger partial charge is 0.481 e. The number of hydrogen-bond acceptors (Lipinski definition) is 3. The van der Waals surface area contributed by atoms with Crippen LogP contribution in [0.5, 0.6) is 5.88 Å². The maximum absolute atomic E-state index is 5.55. The third kappa shape index (κ3) is 3.90. The molecule has 0 fully saturated rings. The van der Waals surface area contributed by atoms with E-state index in [9.17, 15) is 0 Å². The predicted octanol–water partition coefficient (Wildman–Crippen LogP) is 2.32. The predicted molar refractivity (Wildman–Crippen MR) is 62.1 cm³/mol. The molecule has 0 aliphatic carbocycles. The average Bonchev–Trinajstić information content (AvgIpc) is 2.29. The first kappa shape index (κ1) is 12.0. The first-order valence-electron chi connectivity index (χ1n) is 4.72. The summed E-state index contributed by atoms with van der Waals surface area (Å²) >= 11 is 5.55. The summed E-state index contributed by atoms with van der Waals surface area (Å²) in [6.07, 6.45) is 1.71. The third-order valence-electron chi connectivity index (χ3n) is 1.95. The van der Waals surface area contributed by atoms with Gasteiger partial charge in [0.25, 0.3) is 0 Å². The molecule has 1 heterocycles. The van der Waals surface area contributed by atoms with Crippen molar-refractivity contribution < 1.29 is 4.74 Å². The number of nitrogens with zero attached hydrogens (tertiary/aromatic N) is 1. The van der Waals surface area contributed by atoms with Gasteiger partial charge in [-0.25, -0.2) is 4.98 Å². The molecule has 0 radical (unpaired) electrons. The molecule has 0 saturated heterocycles. The molecule has 15 heavy (non-hydrogen) atoms. The SMILES string of the molecule is COc1ncccc1CNC/C(C)=C/Cl. The Morgan fingerprint density at radius 2 is 2.47 bits per heavy atom. The topological polar surface area (TPSA) is 34.1 Å². The average molecular weight is 227 g/mol. The lowest BCUT2D eigenvalue weighted by molar-refractivity contribution is 0.391. The quantitative estimate of drug-likeness (QED) is 0.837.